The third kappa shape index (κ3) is 3.44. The molecule has 0 saturated carbocycles. The highest BCUT2D eigenvalue weighted by Gasteiger charge is 2.05. The van der Waals surface area contributed by atoms with E-state index in [-0.39, 0.29) is 5.82 Å². The molecule has 0 unspecified atom stereocenters. The second-order valence-corrected chi connectivity index (χ2v) is 4.99. The molecule has 0 bridgehead atoms. The highest BCUT2D eigenvalue weighted by molar-refractivity contribution is 5.84. The van der Waals surface area contributed by atoms with E-state index in [9.17, 15) is 4.39 Å². The summed E-state index contributed by atoms with van der Waals surface area (Å²) in [4.78, 5) is 0. The van der Waals surface area contributed by atoms with Crippen molar-refractivity contribution in [1.29, 1.82) is 0 Å². The van der Waals surface area contributed by atoms with Gasteiger partial charge >= 0.3 is 0 Å². The van der Waals surface area contributed by atoms with E-state index in [1.807, 2.05) is 25.1 Å². The first kappa shape index (κ1) is 13.8. The molecular formula is C18H21F. The standard InChI is InChI=1S/C18H21F/c1-3-5-6-8-15-11-16-10-9-14(7-4-2)12-17(16)18(19)13-15/h3,5,9-13H,4,6-8H2,1-2H3/b5-3+. The maximum absolute atomic E-state index is 14.2. The first-order valence-electron chi connectivity index (χ1n) is 7.06. The second-order valence-electron chi connectivity index (χ2n) is 4.99. The van der Waals surface area contributed by atoms with E-state index in [1.165, 1.54) is 5.56 Å². The first-order valence-corrected chi connectivity index (χ1v) is 7.06. The fourth-order valence-corrected chi connectivity index (χ4v) is 2.42. The molecule has 0 heterocycles. The normalized spacial score (nSPS) is 11.5. The zero-order chi connectivity index (χ0) is 13.7. The van der Waals surface area contributed by atoms with Crippen LogP contribution < -0.4 is 0 Å². The summed E-state index contributed by atoms with van der Waals surface area (Å²) in [6.07, 6.45) is 8.12. The Balaban J connectivity index is 2.33. The van der Waals surface area contributed by atoms with Gasteiger partial charge in [0.1, 0.15) is 5.82 Å². The average molecular weight is 256 g/mol. The minimum Gasteiger partial charge on any atom is -0.206 e. The van der Waals surface area contributed by atoms with Crippen LogP contribution in [0.3, 0.4) is 0 Å². The smallest absolute Gasteiger partial charge is 0.131 e. The first-order chi connectivity index (χ1) is 9.24. The number of aryl methyl sites for hydroxylation is 2. The Kier molecular flexibility index (Phi) is 4.73. The number of benzene rings is 2. The molecule has 0 amide bonds. The van der Waals surface area contributed by atoms with Gasteiger partial charge in [0.2, 0.25) is 0 Å². The molecule has 0 nitrogen and oxygen atoms in total. The van der Waals surface area contributed by atoms with Gasteiger partial charge in [-0.2, -0.15) is 0 Å². The molecule has 0 fully saturated rings. The highest BCUT2D eigenvalue weighted by atomic mass is 19.1. The number of fused-ring (bicyclic) bond motifs is 1. The largest absolute Gasteiger partial charge is 0.206 e. The van der Waals surface area contributed by atoms with Crippen LogP contribution in [-0.4, -0.2) is 0 Å². The Bertz CT molecular complexity index is 582. The lowest BCUT2D eigenvalue weighted by molar-refractivity contribution is 0.637. The van der Waals surface area contributed by atoms with Gasteiger partial charge in [-0.05, 0) is 54.8 Å². The van der Waals surface area contributed by atoms with Crippen molar-refractivity contribution in [3.05, 3.63) is 59.4 Å². The average Bonchev–Trinajstić information content (AvgIpc) is 2.40. The molecule has 0 radical (unpaired) electrons. The van der Waals surface area contributed by atoms with Crippen LogP contribution in [0.15, 0.2) is 42.5 Å². The lowest BCUT2D eigenvalue weighted by Crippen LogP contribution is -1.90. The molecule has 19 heavy (non-hydrogen) atoms. The Morgan fingerprint density at radius 3 is 2.63 bits per heavy atom. The SMILES string of the molecule is C/C=C/CCc1cc(F)c2cc(CCC)ccc2c1. The molecule has 0 spiro atoms. The zero-order valence-corrected chi connectivity index (χ0v) is 11.7. The molecule has 2 aromatic carbocycles. The predicted octanol–water partition coefficient (Wildman–Crippen LogP) is 5.44. The summed E-state index contributed by atoms with van der Waals surface area (Å²) >= 11 is 0. The van der Waals surface area contributed by atoms with Gasteiger partial charge in [-0.3, -0.25) is 0 Å². The summed E-state index contributed by atoms with van der Waals surface area (Å²) in [5.41, 5.74) is 2.29. The van der Waals surface area contributed by atoms with Crippen LogP contribution in [0.2, 0.25) is 0 Å². The van der Waals surface area contributed by atoms with E-state index >= 15 is 0 Å². The zero-order valence-electron chi connectivity index (χ0n) is 11.7. The molecular weight excluding hydrogens is 235 g/mol. The van der Waals surface area contributed by atoms with E-state index in [4.69, 9.17) is 0 Å². The minimum atomic E-state index is -0.0917. The molecule has 100 valence electrons. The molecule has 0 aliphatic heterocycles. The van der Waals surface area contributed by atoms with Gasteiger partial charge in [-0.1, -0.05) is 43.7 Å². The van der Waals surface area contributed by atoms with E-state index in [2.05, 4.69) is 25.1 Å². The molecule has 0 aliphatic carbocycles. The lowest BCUT2D eigenvalue weighted by Gasteiger charge is -2.07. The van der Waals surface area contributed by atoms with Crippen molar-refractivity contribution in [2.45, 2.75) is 39.5 Å². The van der Waals surface area contributed by atoms with Gasteiger partial charge in [0.05, 0.1) is 0 Å². The van der Waals surface area contributed by atoms with Crippen molar-refractivity contribution in [2.24, 2.45) is 0 Å². The van der Waals surface area contributed by atoms with Gasteiger partial charge in [-0.25, -0.2) is 4.39 Å². The summed E-state index contributed by atoms with van der Waals surface area (Å²) in [5, 5.41) is 1.76. The predicted molar refractivity (Wildman–Crippen MR) is 81.0 cm³/mol. The Hall–Kier alpha value is -1.63. The van der Waals surface area contributed by atoms with Gasteiger partial charge in [0.15, 0.2) is 0 Å². The molecule has 0 aromatic heterocycles. The van der Waals surface area contributed by atoms with Crippen LogP contribution in [0.4, 0.5) is 4.39 Å². The summed E-state index contributed by atoms with van der Waals surface area (Å²) in [6, 6.07) is 9.94. The summed E-state index contributed by atoms with van der Waals surface area (Å²) in [6.45, 7) is 4.15. The van der Waals surface area contributed by atoms with Crippen LogP contribution in [0, 0.1) is 5.82 Å². The van der Waals surface area contributed by atoms with E-state index in [0.29, 0.717) is 0 Å². The Morgan fingerprint density at radius 2 is 1.89 bits per heavy atom. The lowest BCUT2D eigenvalue weighted by atomic mass is 10.00. The van der Waals surface area contributed by atoms with Crippen molar-refractivity contribution in [3.63, 3.8) is 0 Å². The van der Waals surface area contributed by atoms with Crippen molar-refractivity contribution >= 4 is 10.8 Å². The van der Waals surface area contributed by atoms with Gasteiger partial charge in [0, 0.05) is 5.39 Å². The quantitative estimate of drug-likeness (QED) is 0.625. The molecule has 0 aliphatic rings. The van der Waals surface area contributed by atoms with Crippen LogP contribution in [-0.2, 0) is 12.8 Å². The molecule has 2 rings (SSSR count). The highest BCUT2D eigenvalue weighted by Crippen LogP contribution is 2.23. The number of hydrogen-bond donors (Lipinski definition) is 0. The van der Waals surface area contributed by atoms with Crippen LogP contribution in [0.25, 0.3) is 10.8 Å². The van der Waals surface area contributed by atoms with Gasteiger partial charge in [-0.15, -0.1) is 0 Å². The number of hydrogen-bond acceptors (Lipinski definition) is 0. The number of rotatable bonds is 5. The Labute approximate surface area is 115 Å². The van der Waals surface area contributed by atoms with Crippen LogP contribution >= 0.6 is 0 Å². The van der Waals surface area contributed by atoms with Gasteiger partial charge in [0.25, 0.3) is 0 Å². The summed E-state index contributed by atoms with van der Waals surface area (Å²) < 4.78 is 14.2. The van der Waals surface area contributed by atoms with Crippen molar-refractivity contribution in [1.82, 2.24) is 0 Å². The molecule has 1 heteroatoms. The van der Waals surface area contributed by atoms with Crippen molar-refractivity contribution < 1.29 is 4.39 Å². The minimum absolute atomic E-state index is 0.0917. The third-order valence-corrected chi connectivity index (χ3v) is 3.40. The summed E-state index contributed by atoms with van der Waals surface area (Å²) in [5.74, 6) is -0.0917. The molecule has 0 atom stereocenters. The topological polar surface area (TPSA) is 0 Å². The van der Waals surface area contributed by atoms with Crippen LogP contribution in [0.5, 0.6) is 0 Å². The third-order valence-electron chi connectivity index (χ3n) is 3.40. The fourth-order valence-electron chi connectivity index (χ4n) is 2.42. The maximum Gasteiger partial charge on any atom is 0.131 e. The summed E-state index contributed by atoms with van der Waals surface area (Å²) in [7, 11) is 0. The molecule has 2 aromatic rings. The van der Waals surface area contributed by atoms with Crippen molar-refractivity contribution in [3.8, 4) is 0 Å². The molecule has 0 saturated heterocycles. The Morgan fingerprint density at radius 1 is 1.05 bits per heavy atom. The maximum atomic E-state index is 14.2. The number of allylic oxidation sites excluding steroid dienone is 2. The monoisotopic (exact) mass is 256 g/mol. The van der Waals surface area contributed by atoms with Crippen molar-refractivity contribution in [2.75, 3.05) is 0 Å². The van der Waals surface area contributed by atoms with E-state index < -0.39 is 0 Å². The van der Waals surface area contributed by atoms with Gasteiger partial charge < -0.3 is 0 Å². The number of halogens is 1. The van der Waals surface area contributed by atoms with E-state index in [0.717, 1.165) is 42.0 Å². The van der Waals surface area contributed by atoms with E-state index in [1.54, 1.807) is 6.07 Å². The van der Waals surface area contributed by atoms with Crippen LogP contribution in [0.1, 0.15) is 37.8 Å². The second kappa shape index (κ2) is 6.51. The molecule has 0 N–H and O–H groups in total. The fraction of sp³-hybridized carbons (Fsp3) is 0.333.